The van der Waals surface area contributed by atoms with E-state index < -0.39 is 16.0 Å². The number of nitrogens with one attached hydrogen (secondary N) is 1. The van der Waals surface area contributed by atoms with E-state index >= 15 is 0 Å². The highest BCUT2D eigenvalue weighted by Gasteiger charge is 2.22. The molecule has 0 aliphatic rings. The van der Waals surface area contributed by atoms with Crippen LogP contribution in [-0.2, 0) is 14.8 Å². The standard InChI is InChI=1S/C15H17NO4S2/c1-4-20-15(17)13-11(3)9-21-14(13)16-22(18,19)12-7-5-10(2)6-8-12/h5-9,16H,4H2,1-3H3. The number of benzene rings is 1. The zero-order valence-corrected chi connectivity index (χ0v) is 14.2. The minimum Gasteiger partial charge on any atom is -0.462 e. The number of hydrogen-bond donors (Lipinski definition) is 1. The minimum absolute atomic E-state index is 0.152. The number of hydrogen-bond acceptors (Lipinski definition) is 5. The Morgan fingerprint density at radius 1 is 1.23 bits per heavy atom. The molecule has 2 rings (SSSR count). The van der Waals surface area contributed by atoms with Crippen molar-refractivity contribution in [1.29, 1.82) is 0 Å². The summed E-state index contributed by atoms with van der Waals surface area (Å²) in [5, 5.41) is 2.00. The van der Waals surface area contributed by atoms with Gasteiger partial charge >= 0.3 is 5.97 Å². The lowest BCUT2D eigenvalue weighted by Crippen LogP contribution is -2.15. The van der Waals surface area contributed by atoms with Crippen LogP contribution in [0.25, 0.3) is 0 Å². The third kappa shape index (κ3) is 3.48. The second-order valence-corrected chi connectivity index (χ2v) is 7.32. The van der Waals surface area contributed by atoms with E-state index in [2.05, 4.69) is 4.72 Å². The number of thiophene rings is 1. The Labute approximate surface area is 134 Å². The lowest BCUT2D eigenvalue weighted by atomic mass is 10.2. The molecular weight excluding hydrogens is 322 g/mol. The van der Waals surface area contributed by atoms with Crippen LogP contribution in [0.4, 0.5) is 5.00 Å². The van der Waals surface area contributed by atoms with Crippen molar-refractivity contribution in [2.75, 3.05) is 11.3 Å². The van der Waals surface area contributed by atoms with Crippen LogP contribution >= 0.6 is 11.3 Å². The normalized spacial score (nSPS) is 11.2. The Hall–Kier alpha value is -1.86. The minimum atomic E-state index is -3.74. The second kappa shape index (κ2) is 6.50. The molecule has 0 atom stereocenters. The van der Waals surface area contributed by atoms with Gasteiger partial charge in [0.15, 0.2) is 0 Å². The molecule has 118 valence electrons. The first kappa shape index (κ1) is 16.5. The van der Waals surface area contributed by atoms with Gasteiger partial charge in [0.2, 0.25) is 0 Å². The van der Waals surface area contributed by atoms with Crippen molar-refractivity contribution in [2.45, 2.75) is 25.7 Å². The zero-order chi connectivity index (χ0) is 16.3. The molecule has 0 spiro atoms. The largest absolute Gasteiger partial charge is 0.462 e. The van der Waals surface area contributed by atoms with Gasteiger partial charge in [-0.2, -0.15) is 0 Å². The number of sulfonamides is 1. The molecule has 0 fully saturated rings. The molecule has 0 saturated heterocycles. The van der Waals surface area contributed by atoms with E-state index in [4.69, 9.17) is 4.74 Å². The van der Waals surface area contributed by atoms with Crippen molar-refractivity contribution < 1.29 is 17.9 Å². The van der Waals surface area contributed by atoms with E-state index in [1.807, 2.05) is 6.92 Å². The molecule has 1 aromatic carbocycles. The highest BCUT2D eigenvalue weighted by atomic mass is 32.2. The topological polar surface area (TPSA) is 72.5 Å². The van der Waals surface area contributed by atoms with Crippen molar-refractivity contribution in [3.05, 3.63) is 46.3 Å². The van der Waals surface area contributed by atoms with E-state index in [0.29, 0.717) is 5.56 Å². The lowest BCUT2D eigenvalue weighted by molar-refractivity contribution is 0.0527. The summed E-state index contributed by atoms with van der Waals surface area (Å²) in [6.07, 6.45) is 0. The van der Waals surface area contributed by atoms with Gasteiger partial charge < -0.3 is 4.74 Å². The molecule has 0 amide bonds. The summed E-state index contributed by atoms with van der Waals surface area (Å²) in [4.78, 5) is 12.1. The van der Waals surface area contributed by atoms with Crippen molar-refractivity contribution in [1.82, 2.24) is 0 Å². The Balaban J connectivity index is 2.34. The molecule has 1 aromatic heterocycles. The summed E-state index contributed by atoms with van der Waals surface area (Å²) in [7, 11) is -3.74. The fourth-order valence-electron chi connectivity index (χ4n) is 1.87. The molecule has 0 aliphatic carbocycles. The van der Waals surface area contributed by atoms with Crippen LogP contribution in [0.15, 0.2) is 34.5 Å². The molecule has 0 unspecified atom stereocenters. The maximum absolute atomic E-state index is 12.4. The summed E-state index contributed by atoms with van der Waals surface area (Å²) in [5.74, 6) is -0.525. The predicted molar refractivity (Wildman–Crippen MR) is 87.0 cm³/mol. The van der Waals surface area contributed by atoms with E-state index in [1.54, 1.807) is 31.4 Å². The third-order valence-electron chi connectivity index (χ3n) is 3.01. The van der Waals surface area contributed by atoms with E-state index in [9.17, 15) is 13.2 Å². The average molecular weight is 339 g/mol. The number of carbonyl (C=O) groups is 1. The van der Waals surface area contributed by atoms with Crippen molar-refractivity contribution in [3.8, 4) is 0 Å². The Kier molecular flexibility index (Phi) is 4.87. The number of carbonyl (C=O) groups excluding carboxylic acids is 1. The fourth-order valence-corrected chi connectivity index (χ4v) is 4.13. The Morgan fingerprint density at radius 2 is 1.86 bits per heavy atom. The predicted octanol–water partition coefficient (Wildman–Crippen LogP) is 3.34. The molecule has 0 radical (unpaired) electrons. The molecule has 0 saturated carbocycles. The highest BCUT2D eigenvalue weighted by molar-refractivity contribution is 7.93. The summed E-state index contributed by atoms with van der Waals surface area (Å²) >= 11 is 1.16. The van der Waals surface area contributed by atoms with Gasteiger partial charge in [0.05, 0.1) is 17.1 Å². The third-order valence-corrected chi connectivity index (χ3v) is 5.52. The first-order valence-electron chi connectivity index (χ1n) is 6.70. The molecule has 2 aromatic rings. The van der Waals surface area contributed by atoms with Gasteiger partial charge in [-0.25, -0.2) is 13.2 Å². The maximum Gasteiger partial charge on any atom is 0.341 e. The maximum atomic E-state index is 12.4. The van der Waals surface area contributed by atoms with Gasteiger partial charge in [-0.05, 0) is 43.8 Å². The number of rotatable bonds is 5. The van der Waals surface area contributed by atoms with Gasteiger partial charge in [0.1, 0.15) is 5.00 Å². The smallest absolute Gasteiger partial charge is 0.341 e. The number of ether oxygens (including phenoxy) is 1. The zero-order valence-electron chi connectivity index (χ0n) is 12.5. The van der Waals surface area contributed by atoms with E-state index in [1.165, 1.54) is 12.1 Å². The molecule has 0 aliphatic heterocycles. The molecule has 5 nitrogen and oxygen atoms in total. The number of aryl methyl sites for hydroxylation is 2. The molecule has 22 heavy (non-hydrogen) atoms. The van der Waals surface area contributed by atoms with Gasteiger partial charge in [-0.15, -0.1) is 11.3 Å². The van der Waals surface area contributed by atoms with Gasteiger partial charge in [-0.3, -0.25) is 4.72 Å². The van der Waals surface area contributed by atoms with E-state index in [-0.39, 0.29) is 22.1 Å². The van der Waals surface area contributed by atoms with Crippen molar-refractivity contribution in [2.24, 2.45) is 0 Å². The molecule has 1 heterocycles. The van der Waals surface area contributed by atoms with Gasteiger partial charge in [-0.1, -0.05) is 17.7 Å². The van der Waals surface area contributed by atoms with Crippen molar-refractivity contribution in [3.63, 3.8) is 0 Å². The molecule has 7 heteroatoms. The van der Waals surface area contributed by atoms with Crippen LogP contribution in [0.5, 0.6) is 0 Å². The summed E-state index contributed by atoms with van der Waals surface area (Å²) < 4.78 is 32.2. The van der Waals surface area contributed by atoms with Crippen LogP contribution in [0.1, 0.15) is 28.4 Å². The second-order valence-electron chi connectivity index (χ2n) is 4.76. The number of anilines is 1. The Morgan fingerprint density at radius 3 is 2.45 bits per heavy atom. The van der Waals surface area contributed by atoms with Crippen molar-refractivity contribution >= 4 is 32.3 Å². The average Bonchev–Trinajstić information content (AvgIpc) is 2.80. The van der Waals surface area contributed by atoms with Crippen LogP contribution < -0.4 is 4.72 Å². The van der Waals surface area contributed by atoms with E-state index in [0.717, 1.165) is 16.9 Å². The fraction of sp³-hybridized carbons (Fsp3) is 0.267. The highest BCUT2D eigenvalue weighted by Crippen LogP contribution is 2.30. The van der Waals surface area contributed by atoms with Crippen LogP contribution in [-0.4, -0.2) is 21.0 Å². The quantitative estimate of drug-likeness (QED) is 0.848. The van der Waals surface area contributed by atoms with Crippen LogP contribution in [0, 0.1) is 13.8 Å². The SMILES string of the molecule is CCOC(=O)c1c(C)csc1NS(=O)(=O)c1ccc(C)cc1. The first-order chi connectivity index (χ1) is 10.3. The van der Waals surface area contributed by atoms with Gasteiger partial charge in [0, 0.05) is 0 Å². The van der Waals surface area contributed by atoms with Crippen LogP contribution in [0.3, 0.4) is 0 Å². The first-order valence-corrected chi connectivity index (χ1v) is 9.06. The summed E-state index contributed by atoms with van der Waals surface area (Å²) in [6.45, 7) is 5.56. The summed E-state index contributed by atoms with van der Waals surface area (Å²) in [5.41, 5.74) is 1.92. The van der Waals surface area contributed by atoms with Gasteiger partial charge in [0.25, 0.3) is 10.0 Å². The van der Waals surface area contributed by atoms with Crippen LogP contribution in [0.2, 0.25) is 0 Å². The molecule has 1 N–H and O–H groups in total. The molecule has 0 bridgehead atoms. The molecular formula is C15H17NO4S2. The lowest BCUT2D eigenvalue weighted by Gasteiger charge is -2.09. The number of esters is 1. The summed E-state index contributed by atoms with van der Waals surface area (Å²) in [6, 6.07) is 6.51. The Bertz CT molecular complexity index is 776. The monoisotopic (exact) mass is 339 g/mol.